The number of aliphatic carboxylic acids is 1. The van der Waals surface area contributed by atoms with E-state index in [1.165, 1.54) is 13.2 Å². The molecule has 1 saturated carbocycles. The van der Waals surface area contributed by atoms with E-state index in [0.29, 0.717) is 0 Å². The topological polar surface area (TPSA) is 46.5 Å². The summed E-state index contributed by atoms with van der Waals surface area (Å²) in [6, 6.07) is 2.33. The van der Waals surface area contributed by atoms with E-state index in [1.807, 2.05) is 0 Å². The Hall–Kier alpha value is -1.65. The predicted molar refractivity (Wildman–Crippen MR) is 60.6 cm³/mol. The maximum Gasteiger partial charge on any atom is 0.303 e. The first kappa shape index (κ1) is 12.8. The third-order valence-electron chi connectivity index (χ3n) is 3.27. The molecule has 1 aromatic carbocycles. The molecule has 0 amide bonds. The Morgan fingerprint density at radius 3 is 2.67 bits per heavy atom. The zero-order chi connectivity index (χ0) is 13.3. The Bertz CT molecular complexity index is 470. The van der Waals surface area contributed by atoms with Gasteiger partial charge in [0.1, 0.15) is 5.75 Å². The van der Waals surface area contributed by atoms with E-state index in [4.69, 9.17) is 9.84 Å². The molecule has 0 aliphatic heterocycles. The number of halogens is 2. The van der Waals surface area contributed by atoms with E-state index >= 15 is 0 Å². The molecule has 1 N–H and O–H groups in total. The van der Waals surface area contributed by atoms with Crippen LogP contribution in [0.15, 0.2) is 12.1 Å². The van der Waals surface area contributed by atoms with Gasteiger partial charge >= 0.3 is 5.97 Å². The van der Waals surface area contributed by atoms with Crippen molar-refractivity contribution >= 4 is 5.97 Å². The van der Waals surface area contributed by atoms with Crippen molar-refractivity contribution < 1.29 is 23.4 Å². The Labute approximate surface area is 103 Å². The second kappa shape index (κ2) is 4.92. The van der Waals surface area contributed by atoms with Crippen molar-refractivity contribution in [3.63, 3.8) is 0 Å². The van der Waals surface area contributed by atoms with Crippen LogP contribution >= 0.6 is 0 Å². The number of carboxylic acid groups (broad SMARTS) is 1. The molecular formula is C13H14F2O3. The summed E-state index contributed by atoms with van der Waals surface area (Å²) >= 11 is 0. The summed E-state index contributed by atoms with van der Waals surface area (Å²) in [5.41, 5.74) is 0.0578. The van der Waals surface area contributed by atoms with Crippen molar-refractivity contribution in [1.29, 1.82) is 0 Å². The van der Waals surface area contributed by atoms with Crippen molar-refractivity contribution in [3.8, 4) is 5.75 Å². The summed E-state index contributed by atoms with van der Waals surface area (Å²) in [4.78, 5) is 10.9. The fraction of sp³-hybridized carbons (Fsp3) is 0.462. The molecule has 0 spiro atoms. The Morgan fingerprint density at radius 2 is 2.17 bits per heavy atom. The quantitative estimate of drug-likeness (QED) is 0.881. The van der Waals surface area contributed by atoms with Crippen LogP contribution in [-0.2, 0) is 4.79 Å². The molecular weight excluding hydrogens is 242 g/mol. The predicted octanol–water partition coefficient (Wildman–Crippen LogP) is 2.94. The average molecular weight is 256 g/mol. The second-order valence-corrected chi connectivity index (χ2v) is 4.52. The molecule has 1 atom stereocenters. The monoisotopic (exact) mass is 256 g/mol. The summed E-state index contributed by atoms with van der Waals surface area (Å²) < 4.78 is 32.2. The van der Waals surface area contributed by atoms with Crippen LogP contribution in [0.1, 0.15) is 30.7 Å². The molecule has 0 aromatic heterocycles. The molecule has 2 rings (SSSR count). The molecule has 18 heavy (non-hydrogen) atoms. The maximum atomic E-state index is 13.9. The SMILES string of the molecule is COc1ccc(F)c(F)c1C(CC(=O)O)C1CC1. The highest BCUT2D eigenvalue weighted by atomic mass is 19.2. The first-order chi connectivity index (χ1) is 8.54. The van der Waals surface area contributed by atoms with Crippen molar-refractivity contribution in [1.82, 2.24) is 0 Å². The maximum absolute atomic E-state index is 13.9. The molecule has 0 radical (unpaired) electrons. The highest BCUT2D eigenvalue weighted by molar-refractivity contribution is 5.68. The van der Waals surface area contributed by atoms with Crippen LogP contribution in [0.3, 0.4) is 0 Å². The molecule has 0 saturated heterocycles. The number of hydrogen-bond acceptors (Lipinski definition) is 2. The van der Waals surface area contributed by atoms with Gasteiger partial charge in [0.05, 0.1) is 13.5 Å². The van der Waals surface area contributed by atoms with E-state index in [1.54, 1.807) is 0 Å². The minimum Gasteiger partial charge on any atom is -0.496 e. The van der Waals surface area contributed by atoms with Gasteiger partial charge in [0.2, 0.25) is 0 Å². The second-order valence-electron chi connectivity index (χ2n) is 4.52. The molecule has 5 heteroatoms. The van der Waals surface area contributed by atoms with Gasteiger partial charge in [-0.3, -0.25) is 4.79 Å². The zero-order valence-corrected chi connectivity index (χ0v) is 9.95. The fourth-order valence-electron chi connectivity index (χ4n) is 2.26. The number of rotatable bonds is 5. The third-order valence-corrected chi connectivity index (χ3v) is 3.27. The van der Waals surface area contributed by atoms with Crippen LogP contribution < -0.4 is 4.74 Å². The number of methoxy groups -OCH3 is 1. The van der Waals surface area contributed by atoms with Crippen LogP contribution in [0.25, 0.3) is 0 Å². The van der Waals surface area contributed by atoms with E-state index in [-0.39, 0.29) is 23.7 Å². The minimum absolute atomic E-state index is 0.0578. The molecule has 1 aliphatic rings. The lowest BCUT2D eigenvalue weighted by molar-refractivity contribution is -0.137. The van der Waals surface area contributed by atoms with Crippen LogP contribution in [0, 0.1) is 17.6 Å². The summed E-state index contributed by atoms with van der Waals surface area (Å²) in [5.74, 6) is -3.18. The summed E-state index contributed by atoms with van der Waals surface area (Å²) in [5, 5.41) is 8.89. The molecule has 1 unspecified atom stereocenters. The van der Waals surface area contributed by atoms with Crippen molar-refractivity contribution in [2.45, 2.75) is 25.2 Å². The fourth-order valence-corrected chi connectivity index (χ4v) is 2.26. The number of hydrogen-bond donors (Lipinski definition) is 1. The summed E-state index contributed by atoms with van der Waals surface area (Å²) in [6.45, 7) is 0. The summed E-state index contributed by atoms with van der Waals surface area (Å²) in [6.07, 6.45) is 1.48. The van der Waals surface area contributed by atoms with Gasteiger partial charge in [0.25, 0.3) is 0 Å². The van der Waals surface area contributed by atoms with Gasteiger partial charge in [-0.15, -0.1) is 0 Å². The van der Waals surface area contributed by atoms with Gasteiger partial charge < -0.3 is 9.84 Å². The van der Waals surface area contributed by atoms with Crippen LogP contribution in [-0.4, -0.2) is 18.2 Å². The molecule has 0 bridgehead atoms. The van der Waals surface area contributed by atoms with Crippen molar-refractivity contribution in [2.75, 3.05) is 7.11 Å². The van der Waals surface area contributed by atoms with Gasteiger partial charge in [-0.05, 0) is 30.9 Å². The highest BCUT2D eigenvalue weighted by Crippen LogP contribution is 2.48. The van der Waals surface area contributed by atoms with Gasteiger partial charge in [-0.2, -0.15) is 0 Å². The smallest absolute Gasteiger partial charge is 0.303 e. The van der Waals surface area contributed by atoms with Gasteiger partial charge in [0.15, 0.2) is 11.6 Å². The number of ether oxygens (including phenoxy) is 1. The molecule has 3 nitrogen and oxygen atoms in total. The first-order valence-corrected chi connectivity index (χ1v) is 5.78. The standard InChI is InChI=1S/C13H14F2O3/c1-18-10-5-4-9(14)13(15)12(10)8(6-11(16)17)7-2-3-7/h4-5,7-8H,2-3,6H2,1H3,(H,16,17). The molecule has 1 aromatic rings. The first-order valence-electron chi connectivity index (χ1n) is 5.78. The van der Waals surface area contributed by atoms with Crippen molar-refractivity contribution in [3.05, 3.63) is 29.3 Å². The van der Waals surface area contributed by atoms with Crippen LogP contribution in [0.2, 0.25) is 0 Å². The van der Waals surface area contributed by atoms with Crippen LogP contribution in [0.5, 0.6) is 5.75 Å². The lowest BCUT2D eigenvalue weighted by Crippen LogP contribution is -2.12. The zero-order valence-electron chi connectivity index (χ0n) is 9.95. The van der Waals surface area contributed by atoms with Gasteiger partial charge in [0, 0.05) is 11.5 Å². The number of carbonyl (C=O) groups is 1. The third kappa shape index (κ3) is 2.44. The molecule has 1 fully saturated rings. The molecule has 0 heterocycles. The van der Waals surface area contributed by atoms with E-state index in [9.17, 15) is 13.6 Å². The van der Waals surface area contributed by atoms with Gasteiger partial charge in [-0.1, -0.05) is 0 Å². The number of benzene rings is 1. The Morgan fingerprint density at radius 1 is 1.50 bits per heavy atom. The summed E-state index contributed by atoms with van der Waals surface area (Å²) in [7, 11) is 1.36. The molecule has 1 aliphatic carbocycles. The van der Waals surface area contributed by atoms with Gasteiger partial charge in [-0.25, -0.2) is 8.78 Å². The van der Waals surface area contributed by atoms with E-state index in [0.717, 1.165) is 18.9 Å². The molecule has 98 valence electrons. The number of carboxylic acids is 1. The average Bonchev–Trinajstić information content (AvgIpc) is 3.13. The largest absolute Gasteiger partial charge is 0.496 e. The lowest BCUT2D eigenvalue weighted by Gasteiger charge is -2.18. The van der Waals surface area contributed by atoms with Crippen LogP contribution in [0.4, 0.5) is 8.78 Å². The Balaban J connectivity index is 2.44. The van der Waals surface area contributed by atoms with Crippen molar-refractivity contribution in [2.24, 2.45) is 5.92 Å². The van der Waals surface area contributed by atoms with E-state index < -0.39 is 23.5 Å². The van der Waals surface area contributed by atoms with E-state index in [2.05, 4.69) is 0 Å². The lowest BCUT2D eigenvalue weighted by atomic mass is 9.89. The minimum atomic E-state index is -1.02. The highest BCUT2D eigenvalue weighted by Gasteiger charge is 2.37. The normalized spacial score (nSPS) is 16.4. The Kier molecular flexibility index (Phi) is 3.50.